The number of carbonyl (C=O) groups excluding carboxylic acids is 1. The number of piperidine rings is 1. The summed E-state index contributed by atoms with van der Waals surface area (Å²) in [6.45, 7) is 8.68. The van der Waals surface area contributed by atoms with Crippen molar-refractivity contribution < 1.29 is 9.53 Å². The Morgan fingerprint density at radius 2 is 1.68 bits per heavy atom. The van der Waals surface area contributed by atoms with Crippen molar-refractivity contribution in [1.82, 2.24) is 10.6 Å². The van der Waals surface area contributed by atoms with Crippen LogP contribution in [0.2, 0.25) is 0 Å². The molecule has 3 N–H and O–H groups in total. The summed E-state index contributed by atoms with van der Waals surface area (Å²) in [5, 5.41) is 9.57. The molecular weight excluding hydrogens is 278 g/mol. The van der Waals surface area contributed by atoms with Crippen LogP contribution in [-0.4, -0.2) is 30.3 Å². The number of anilines is 1. The van der Waals surface area contributed by atoms with Crippen molar-refractivity contribution in [3.63, 3.8) is 0 Å². The van der Waals surface area contributed by atoms with Gasteiger partial charge in [-0.2, -0.15) is 0 Å². The smallest absolute Gasteiger partial charge is 0.319 e. The van der Waals surface area contributed by atoms with Crippen molar-refractivity contribution in [2.45, 2.75) is 57.7 Å². The van der Waals surface area contributed by atoms with Crippen LogP contribution in [0, 0.1) is 0 Å². The van der Waals surface area contributed by atoms with Crippen molar-refractivity contribution >= 4 is 11.7 Å². The Bertz CT molecular complexity index is 507. The van der Waals surface area contributed by atoms with Crippen LogP contribution in [0.25, 0.3) is 0 Å². The largest absolute Gasteiger partial charge is 0.497 e. The fourth-order valence-corrected chi connectivity index (χ4v) is 3.45. The topological polar surface area (TPSA) is 62.4 Å². The van der Waals surface area contributed by atoms with Gasteiger partial charge in [0.05, 0.1) is 7.11 Å². The number of nitrogens with one attached hydrogen (secondary N) is 3. The van der Waals surface area contributed by atoms with Crippen molar-refractivity contribution in [1.29, 1.82) is 0 Å². The molecule has 1 aromatic carbocycles. The maximum absolute atomic E-state index is 12.2. The summed E-state index contributed by atoms with van der Waals surface area (Å²) in [6.07, 6.45) is 1.82. The molecule has 2 amide bonds. The molecule has 0 aliphatic carbocycles. The second-order valence-electron chi connectivity index (χ2n) is 7.32. The van der Waals surface area contributed by atoms with E-state index in [1.807, 2.05) is 24.3 Å². The van der Waals surface area contributed by atoms with Crippen LogP contribution in [0.3, 0.4) is 0 Å². The number of amides is 2. The van der Waals surface area contributed by atoms with E-state index in [0.717, 1.165) is 24.3 Å². The molecule has 1 aromatic rings. The van der Waals surface area contributed by atoms with Crippen LogP contribution in [0.5, 0.6) is 5.75 Å². The second kappa shape index (κ2) is 6.16. The third-order valence-electron chi connectivity index (χ3n) is 3.87. The average Bonchev–Trinajstić information content (AvgIpc) is 2.35. The minimum absolute atomic E-state index is 0.0137. The summed E-state index contributed by atoms with van der Waals surface area (Å²) < 4.78 is 5.11. The highest BCUT2D eigenvalue weighted by Crippen LogP contribution is 2.28. The first kappa shape index (κ1) is 16.6. The lowest BCUT2D eigenvalue weighted by molar-refractivity contribution is 0.149. The molecule has 0 bridgehead atoms. The fraction of sp³-hybridized carbons (Fsp3) is 0.588. The monoisotopic (exact) mass is 305 g/mol. The molecule has 1 saturated heterocycles. The Hall–Kier alpha value is -1.75. The number of carbonyl (C=O) groups is 1. The molecule has 1 heterocycles. The Kier molecular flexibility index (Phi) is 4.66. The van der Waals surface area contributed by atoms with Crippen LogP contribution >= 0.6 is 0 Å². The van der Waals surface area contributed by atoms with Gasteiger partial charge >= 0.3 is 6.03 Å². The standard InChI is InChI=1S/C17H27N3O2/c1-16(2)10-13(11-17(3,4)20-16)19-15(21)18-12-6-8-14(22-5)9-7-12/h6-9,13,20H,10-11H2,1-5H3,(H2,18,19,21). The van der Waals surface area contributed by atoms with Gasteiger partial charge in [-0.05, 0) is 64.8 Å². The van der Waals surface area contributed by atoms with Crippen molar-refractivity contribution in [3.8, 4) is 5.75 Å². The third-order valence-corrected chi connectivity index (χ3v) is 3.87. The average molecular weight is 305 g/mol. The number of benzene rings is 1. The summed E-state index contributed by atoms with van der Waals surface area (Å²) >= 11 is 0. The Balaban J connectivity index is 1.93. The highest BCUT2D eigenvalue weighted by atomic mass is 16.5. The second-order valence-corrected chi connectivity index (χ2v) is 7.32. The van der Waals surface area contributed by atoms with Crippen molar-refractivity contribution in [2.24, 2.45) is 0 Å². The molecule has 0 aromatic heterocycles. The molecule has 122 valence electrons. The molecule has 0 radical (unpaired) electrons. The number of ether oxygens (including phenoxy) is 1. The lowest BCUT2D eigenvalue weighted by atomic mass is 9.80. The van der Waals surface area contributed by atoms with Gasteiger partial charge in [0, 0.05) is 22.8 Å². The molecule has 1 fully saturated rings. The summed E-state index contributed by atoms with van der Waals surface area (Å²) in [7, 11) is 1.62. The van der Waals surface area contributed by atoms with Gasteiger partial charge in [0.1, 0.15) is 5.75 Å². The number of rotatable bonds is 3. The van der Waals surface area contributed by atoms with Gasteiger partial charge in [-0.3, -0.25) is 0 Å². The van der Waals surface area contributed by atoms with E-state index in [9.17, 15) is 4.79 Å². The first-order valence-electron chi connectivity index (χ1n) is 7.70. The Labute approximate surface area is 132 Å². The fourth-order valence-electron chi connectivity index (χ4n) is 3.45. The van der Waals surface area contributed by atoms with Crippen molar-refractivity contribution in [2.75, 3.05) is 12.4 Å². The van der Waals surface area contributed by atoms with Crippen LogP contribution < -0.4 is 20.7 Å². The first-order chi connectivity index (χ1) is 10.2. The molecule has 0 atom stereocenters. The van der Waals surface area contributed by atoms with Crippen molar-refractivity contribution in [3.05, 3.63) is 24.3 Å². The SMILES string of the molecule is COc1ccc(NC(=O)NC2CC(C)(C)NC(C)(C)C2)cc1. The molecule has 1 aliphatic rings. The molecule has 5 heteroatoms. The van der Waals surface area contributed by atoms with Gasteiger partial charge in [-0.15, -0.1) is 0 Å². The number of methoxy groups -OCH3 is 1. The third kappa shape index (κ3) is 4.63. The lowest BCUT2D eigenvalue weighted by Gasteiger charge is -2.46. The van der Waals surface area contributed by atoms with E-state index in [4.69, 9.17) is 4.74 Å². The lowest BCUT2D eigenvalue weighted by Crippen LogP contribution is -2.62. The van der Waals surface area contributed by atoms with E-state index in [1.165, 1.54) is 0 Å². The predicted molar refractivity (Wildman–Crippen MR) is 89.5 cm³/mol. The van der Waals surface area contributed by atoms with Crippen LogP contribution in [0.15, 0.2) is 24.3 Å². The van der Waals surface area contributed by atoms with E-state index in [-0.39, 0.29) is 23.2 Å². The zero-order valence-corrected chi connectivity index (χ0v) is 14.1. The van der Waals surface area contributed by atoms with Crippen LogP contribution in [-0.2, 0) is 0 Å². The number of urea groups is 1. The highest BCUT2D eigenvalue weighted by Gasteiger charge is 2.38. The van der Waals surface area contributed by atoms with E-state index in [0.29, 0.717) is 0 Å². The zero-order valence-electron chi connectivity index (χ0n) is 14.1. The molecule has 0 unspecified atom stereocenters. The predicted octanol–water partition coefficient (Wildman–Crippen LogP) is 3.13. The van der Waals surface area contributed by atoms with Gasteiger partial charge in [0.15, 0.2) is 0 Å². The minimum Gasteiger partial charge on any atom is -0.497 e. The minimum atomic E-state index is -0.163. The summed E-state index contributed by atoms with van der Waals surface area (Å²) in [6, 6.07) is 7.30. The van der Waals surface area contributed by atoms with Gasteiger partial charge in [-0.1, -0.05) is 0 Å². The molecule has 1 aliphatic heterocycles. The number of hydrogen-bond donors (Lipinski definition) is 3. The van der Waals surface area contributed by atoms with Crippen LogP contribution in [0.1, 0.15) is 40.5 Å². The first-order valence-corrected chi connectivity index (χ1v) is 7.70. The zero-order chi connectivity index (χ0) is 16.4. The van der Waals surface area contributed by atoms with E-state index in [1.54, 1.807) is 7.11 Å². The molecule has 22 heavy (non-hydrogen) atoms. The van der Waals surface area contributed by atoms with E-state index in [2.05, 4.69) is 43.6 Å². The van der Waals surface area contributed by atoms with Gasteiger partial charge in [0.2, 0.25) is 0 Å². The van der Waals surface area contributed by atoms with Gasteiger partial charge in [0.25, 0.3) is 0 Å². The molecule has 0 saturated carbocycles. The maximum atomic E-state index is 12.2. The van der Waals surface area contributed by atoms with E-state index >= 15 is 0 Å². The molecular formula is C17H27N3O2. The summed E-state index contributed by atoms with van der Waals surface area (Å²) in [5.74, 6) is 0.771. The normalized spacial score (nSPS) is 20.2. The Morgan fingerprint density at radius 1 is 1.14 bits per heavy atom. The Morgan fingerprint density at radius 3 is 2.18 bits per heavy atom. The maximum Gasteiger partial charge on any atom is 0.319 e. The number of hydrogen-bond acceptors (Lipinski definition) is 3. The molecule has 2 rings (SSSR count). The molecule has 5 nitrogen and oxygen atoms in total. The summed E-state index contributed by atoms with van der Waals surface area (Å²) in [5.41, 5.74) is 0.783. The van der Waals surface area contributed by atoms with Crippen LogP contribution in [0.4, 0.5) is 10.5 Å². The van der Waals surface area contributed by atoms with E-state index < -0.39 is 0 Å². The van der Waals surface area contributed by atoms with Gasteiger partial charge < -0.3 is 20.7 Å². The highest BCUT2D eigenvalue weighted by molar-refractivity contribution is 5.89. The van der Waals surface area contributed by atoms with Gasteiger partial charge in [-0.25, -0.2) is 4.79 Å². The molecule has 0 spiro atoms. The quantitative estimate of drug-likeness (QED) is 0.804. The summed E-state index contributed by atoms with van der Waals surface area (Å²) in [4.78, 5) is 12.2.